The molecule has 0 saturated carbocycles. The van der Waals surface area contributed by atoms with E-state index in [9.17, 15) is 14.4 Å². The summed E-state index contributed by atoms with van der Waals surface area (Å²) in [6.45, 7) is 5.69. The van der Waals surface area contributed by atoms with Crippen molar-refractivity contribution in [1.29, 1.82) is 0 Å². The molecule has 7 nitrogen and oxygen atoms in total. The Hall–Kier alpha value is -1.79. The fourth-order valence-electron chi connectivity index (χ4n) is 2.01. The van der Waals surface area contributed by atoms with Crippen molar-refractivity contribution in [2.45, 2.75) is 51.4 Å². The zero-order valence-electron chi connectivity index (χ0n) is 11.3. The molecule has 0 bridgehead atoms. The van der Waals surface area contributed by atoms with Crippen molar-refractivity contribution >= 4 is 17.7 Å². The highest BCUT2D eigenvalue weighted by molar-refractivity contribution is 6.41. The molecular formula is C12H17N3O4. The third kappa shape index (κ3) is 3.15. The van der Waals surface area contributed by atoms with Crippen LogP contribution < -0.4 is 0 Å². The Bertz CT molecular complexity index is 446. The SMILES string of the molecule is CC(C)(C)OC(=O)N1CCC[C@H]1C(=O)C(=O)C1N=N1. The van der Waals surface area contributed by atoms with E-state index < -0.39 is 35.5 Å². The predicted octanol–water partition coefficient (Wildman–Crippen LogP) is 1.32. The van der Waals surface area contributed by atoms with Crippen LogP contribution in [0, 0.1) is 0 Å². The van der Waals surface area contributed by atoms with Gasteiger partial charge in [-0.1, -0.05) is 0 Å². The van der Waals surface area contributed by atoms with Gasteiger partial charge >= 0.3 is 6.09 Å². The molecule has 19 heavy (non-hydrogen) atoms. The second-order valence-electron chi connectivity index (χ2n) is 5.66. The Morgan fingerprint density at radius 3 is 2.32 bits per heavy atom. The van der Waals surface area contributed by atoms with E-state index in [1.54, 1.807) is 20.8 Å². The second kappa shape index (κ2) is 4.71. The van der Waals surface area contributed by atoms with Crippen LogP contribution in [-0.2, 0) is 14.3 Å². The number of hydrogen-bond acceptors (Lipinski definition) is 6. The van der Waals surface area contributed by atoms with Gasteiger partial charge in [0.25, 0.3) is 5.78 Å². The molecule has 2 aliphatic rings. The van der Waals surface area contributed by atoms with E-state index in [-0.39, 0.29) is 0 Å². The maximum Gasteiger partial charge on any atom is 0.410 e. The standard InChI is InChI=1S/C12H17N3O4/c1-12(2,3)19-11(18)15-6-4-5-7(15)8(16)9(17)10-13-14-10/h7,10H,4-6H2,1-3H3/t7-/m0/s1. The molecule has 104 valence electrons. The molecule has 2 heterocycles. The lowest BCUT2D eigenvalue weighted by Crippen LogP contribution is -2.46. The Kier molecular flexibility index (Phi) is 3.38. The normalized spacial score (nSPS) is 22.5. The number of Topliss-reactive ketones (excluding diaryl/α,β-unsaturated/α-hetero) is 2. The van der Waals surface area contributed by atoms with Gasteiger partial charge in [-0.25, -0.2) is 4.79 Å². The van der Waals surface area contributed by atoms with Crippen molar-refractivity contribution in [2.24, 2.45) is 10.2 Å². The van der Waals surface area contributed by atoms with Crippen LogP contribution in [0.25, 0.3) is 0 Å². The van der Waals surface area contributed by atoms with Crippen LogP contribution in [0.15, 0.2) is 10.2 Å². The Morgan fingerprint density at radius 1 is 1.16 bits per heavy atom. The van der Waals surface area contributed by atoms with Gasteiger partial charge < -0.3 is 4.74 Å². The van der Waals surface area contributed by atoms with Gasteiger partial charge in [0, 0.05) is 6.54 Å². The molecule has 2 aliphatic heterocycles. The van der Waals surface area contributed by atoms with E-state index in [2.05, 4.69) is 10.2 Å². The maximum absolute atomic E-state index is 12.0. The third-order valence-corrected chi connectivity index (χ3v) is 2.89. The number of rotatable bonds is 3. The molecule has 0 aromatic rings. The molecule has 1 amide bonds. The zero-order valence-corrected chi connectivity index (χ0v) is 11.3. The molecule has 0 aromatic heterocycles. The van der Waals surface area contributed by atoms with Gasteiger partial charge in [-0.15, -0.1) is 0 Å². The molecule has 2 rings (SSSR count). The van der Waals surface area contributed by atoms with E-state index >= 15 is 0 Å². The number of ether oxygens (including phenoxy) is 1. The number of hydrogen-bond donors (Lipinski definition) is 0. The lowest BCUT2D eigenvalue weighted by Gasteiger charge is -2.27. The van der Waals surface area contributed by atoms with Crippen LogP contribution in [0.2, 0.25) is 0 Å². The number of nitrogens with zero attached hydrogens (tertiary/aromatic N) is 3. The molecule has 0 spiro atoms. The monoisotopic (exact) mass is 267 g/mol. The lowest BCUT2D eigenvalue weighted by molar-refractivity contribution is -0.138. The quantitative estimate of drug-likeness (QED) is 0.721. The van der Waals surface area contributed by atoms with Gasteiger partial charge in [-0.2, -0.15) is 10.2 Å². The number of carbonyl (C=O) groups excluding carboxylic acids is 3. The summed E-state index contributed by atoms with van der Waals surface area (Å²) in [6.07, 6.45) is -0.229. The molecule has 0 unspecified atom stereocenters. The van der Waals surface area contributed by atoms with E-state index in [1.165, 1.54) is 4.90 Å². The average Bonchev–Trinajstić information content (AvgIpc) is 3.02. The van der Waals surface area contributed by atoms with E-state index in [0.717, 1.165) is 0 Å². The van der Waals surface area contributed by atoms with Crippen molar-refractivity contribution < 1.29 is 19.1 Å². The van der Waals surface area contributed by atoms with Crippen LogP contribution in [0.1, 0.15) is 33.6 Å². The Labute approximate surface area is 111 Å². The molecule has 0 aromatic carbocycles. The smallest absolute Gasteiger partial charge is 0.410 e. The van der Waals surface area contributed by atoms with Gasteiger partial charge in [-0.05, 0) is 33.6 Å². The average molecular weight is 267 g/mol. The first-order chi connectivity index (χ1) is 8.79. The number of ketones is 2. The summed E-state index contributed by atoms with van der Waals surface area (Å²) in [5.74, 6) is -1.24. The molecule has 0 radical (unpaired) electrons. The van der Waals surface area contributed by atoms with Crippen molar-refractivity contribution in [1.82, 2.24) is 4.90 Å². The van der Waals surface area contributed by atoms with Gasteiger partial charge in [0.2, 0.25) is 11.9 Å². The van der Waals surface area contributed by atoms with Gasteiger partial charge in [-0.3, -0.25) is 14.5 Å². The zero-order chi connectivity index (χ0) is 14.2. The Morgan fingerprint density at radius 2 is 1.79 bits per heavy atom. The summed E-state index contributed by atoms with van der Waals surface area (Å²) >= 11 is 0. The van der Waals surface area contributed by atoms with Crippen molar-refractivity contribution in [3.05, 3.63) is 0 Å². The highest BCUT2D eigenvalue weighted by atomic mass is 16.6. The molecule has 0 N–H and O–H groups in total. The molecule has 1 fully saturated rings. The van der Waals surface area contributed by atoms with Crippen LogP contribution in [0.3, 0.4) is 0 Å². The number of carbonyl (C=O) groups is 3. The van der Waals surface area contributed by atoms with Crippen LogP contribution in [0.4, 0.5) is 4.79 Å². The van der Waals surface area contributed by atoms with Crippen LogP contribution >= 0.6 is 0 Å². The summed E-state index contributed by atoms with van der Waals surface area (Å²) in [6, 6.07) is -0.728. The summed E-state index contributed by atoms with van der Waals surface area (Å²) in [4.78, 5) is 36.9. The molecule has 1 atom stereocenters. The van der Waals surface area contributed by atoms with Gasteiger partial charge in [0.15, 0.2) is 0 Å². The van der Waals surface area contributed by atoms with E-state index in [4.69, 9.17) is 4.74 Å². The first kappa shape index (κ1) is 13.6. The summed E-state index contributed by atoms with van der Waals surface area (Å²) in [5.41, 5.74) is -0.627. The first-order valence-corrected chi connectivity index (χ1v) is 6.27. The molecule has 0 aliphatic carbocycles. The fraction of sp³-hybridized carbons (Fsp3) is 0.750. The topological polar surface area (TPSA) is 88.4 Å². The van der Waals surface area contributed by atoms with Crippen molar-refractivity contribution in [2.75, 3.05) is 6.54 Å². The summed E-state index contributed by atoms with van der Waals surface area (Å²) in [7, 11) is 0. The minimum Gasteiger partial charge on any atom is -0.444 e. The van der Waals surface area contributed by atoms with Crippen molar-refractivity contribution in [3.8, 4) is 0 Å². The summed E-state index contributed by atoms with van der Waals surface area (Å²) in [5, 5.41) is 6.89. The predicted molar refractivity (Wildman–Crippen MR) is 64.6 cm³/mol. The molecular weight excluding hydrogens is 250 g/mol. The Balaban J connectivity index is 2.02. The van der Waals surface area contributed by atoms with Crippen LogP contribution in [-0.4, -0.2) is 46.9 Å². The van der Waals surface area contributed by atoms with Gasteiger partial charge in [0.05, 0.1) is 0 Å². The minimum absolute atomic E-state index is 0.428. The van der Waals surface area contributed by atoms with Crippen LogP contribution in [0.5, 0.6) is 0 Å². The van der Waals surface area contributed by atoms with E-state index in [1.807, 2.05) is 0 Å². The van der Waals surface area contributed by atoms with E-state index in [0.29, 0.717) is 19.4 Å². The largest absolute Gasteiger partial charge is 0.444 e. The highest BCUT2D eigenvalue weighted by Crippen LogP contribution is 2.23. The summed E-state index contributed by atoms with van der Waals surface area (Å²) < 4.78 is 5.23. The maximum atomic E-state index is 12.0. The number of amides is 1. The van der Waals surface area contributed by atoms with Crippen molar-refractivity contribution in [3.63, 3.8) is 0 Å². The lowest BCUT2D eigenvalue weighted by atomic mass is 10.1. The fourth-order valence-corrected chi connectivity index (χ4v) is 2.01. The highest BCUT2D eigenvalue weighted by Gasteiger charge is 2.43. The molecule has 1 saturated heterocycles. The minimum atomic E-state index is -0.839. The van der Waals surface area contributed by atoms with Gasteiger partial charge in [0.1, 0.15) is 11.6 Å². The second-order valence-corrected chi connectivity index (χ2v) is 5.66. The molecule has 7 heteroatoms. The third-order valence-electron chi connectivity index (χ3n) is 2.89. The first-order valence-electron chi connectivity index (χ1n) is 6.27. The number of likely N-dealkylation sites (tertiary alicyclic amines) is 1.